The second-order valence-electron chi connectivity index (χ2n) is 3.73. The standard InChI is InChI=1S/C11H13BrN4O2/c1-18-7-8(12)4-14-11(17)9-5-15-16-3-2-13-6-10(9)16/h2-3,5-6,8H,4,7H2,1H3,(H,14,17). The molecular formula is C11H13BrN4O2. The average molecular weight is 313 g/mol. The van der Waals surface area contributed by atoms with Crippen LogP contribution >= 0.6 is 15.9 Å². The highest BCUT2D eigenvalue weighted by Gasteiger charge is 2.13. The van der Waals surface area contributed by atoms with Crippen LogP contribution in [0.25, 0.3) is 5.52 Å². The molecule has 7 heteroatoms. The maximum Gasteiger partial charge on any atom is 0.255 e. The smallest absolute Gasteiger partial charge is 0.255 e. The van der Waals surface area contributed by atoms with Gasteiger partial charge >= 0.3 is 0 Å². The predicted octanol–water partition coefficient (Wildman–Crippen LogP) is 0.869. The van der Waals surface area contributed by atoms with Crippen LogP contribution in [-0.4, -0.2) is 45.6 Å². The molecule has 0 aromatic carbocycles. The first-order valence-electron chi connectivity index (χ1n) is 5.41. The van der Waals surface area contributed by atoms with Gasteiger partial charge in [0.05, 0.1) is 34.9 Å². The molecule has 1 unspecified atom stereocenters. The lowest BCUT2D eigenvalue weighted by Crippen LogP contribution is -2.31. The largest absolute Gasteiger partial charge is 0.383 e. The highest BCUT2D eigenvalue weighted by atomic mass is 79.9. The summed E-state index contributed by atoms with van der Waals surface area (Å²) in [6.45, 7) is 1.03. The number of aromatic nitrogens is 3. The van der Waals surface area contributed by atoms with Crippen LogP contribution in [0.3, 0.4) is 0 Å². The third-order valence-corrected chi connectivity index (χ3v) is 2.99. The maximum atomic E-state index is 12.0. The van der Waals surface area contributed by atoms with Gasteiger partial charge in [0.25, 0.3) is 5.91 Å². The lowest BCUT2D eigenvalue weighted by Gasteiger charge is -2.09. The Hall–Kier alpha value is -1.47. The molecule has 2 aromatic heterocycles. The first-order valence-corrected chi connectivity index (χ1v) is 6.32. The van der Waals surface area contributed by atoms with Gasteiger partial charge in [-0.2, -0.15) is 5.10 Å². The molecule has 2 rings (SSSR count). The number of carbonyl (C=O) groups is 1. The highest BCUT2D eigenvalue weighted by Crippen LogP contribution is 2.08. The number of hydrogen-bond donors (Lipinski definition) is 1. The van der Waals surface area contributed by atoms with Crippen LogP contribution in [0.4, 0.5) is 0 Å². The van der Waals surface area contributed by atoms with E-state index in [2.05, 4.69) is 31.3 Å². The summed E-state index contributed by atoms with van der Waals surface area (Å²) < 4.78 is 6.59. The number of carbonyl (C=O) groups excluding carboxylic acids is 1. The number of halogens is 1. The van der Waals surface area contributed by atoms with Crippen LogP contribution in [0.15, 0.2) is 24.8 Å². The summed E-state index contributed by atoms with van der Waals surface area (Å²) in [6, 6.07) is 0. The van der Waals surface area contributed by atoms with E-state index in [1.165, 1.54) is 6.20 Å². The monoisotopic (exact) mass is 312 g/mol. The van der Waals surface area contributed by atoms with E-state index in [0.29, 0.717) is 24.2 Å². The van der Waals surface area contributed by atoms with E-state index in [1.807, 2.05) is 0 Å². The molecule has 0 aliphatic heterocycles. The number of methoxy groups -OCH3 is 1. The number of rotatable bonds is 5. The van der Waals surface area contributed by atoms with Gasteiger partial charge in [-0.1, -0.05) is 15.9 Å². The van der Waals surface area contributed by atoms with E-state index in [4.69, 9.17) is 4.74 Å². The van der Waals surface area contributed by atoms with Gasteiger partial charge < -0.3 is 10.1 Å². The number of ether oxygens (including phenoxy) is 1. The van der Waals surface area contributed by atoms with Crippen molar-refractivity contribution in [3.63, 3.8) is 0 Å². The molecule has 0 fully saturated rings. The zero-order valence-electron chi connectivity index (χ0n) is 9.84. The summed E-state index contributed by atoms with van der Waals surface area (Å²) >= 11 is 3.41. The molecular weight excluding hydrogens is 300 g/mol. The van der Waals surface area contributed by atoms with Crippen LogP contribution in [0.1, 0.15) is 10.4 Å². The Labute approximate surface area is 112 Å². The first kappa shape index (κ1) is 13.0. The molecule has 6 nitrogen and oxygen atoms in total. The van der Waals surface area contributed by atoms with Gasteiger partial charge in [0.1, 0.15) is 0 Å². The van der Waals surface area contributed by atoms with Crippen molar-refractivity contribution in [1.29, 1.82) is 0 Å². The Morgan fingerprint density at radius 1 is 1.61 bits per heavy atom. The van der Waals surface area contributed by atoms with Gasteiger partial charge in [0.15, 0.2) is 0 Å². The van der Waals surface area contributed by atoms with Crippen molar-refractivity contribution < 1.29 is 9.53 Å². The van der Waals surface area contributed by atoms with Gasteiger partial charge in [-0.25, -0.2) is 4.52 Å². The van der Waals surface area contributed by atoms with Gasteiger partial charge in [0.2, 0.25) is 0 Å². The fourth-order valence-electron chi connectivity index (χ4n) is 1.55. The van der Waals surface area contributed by atoms with Crippen molar-refractivity contribution in [2.45, 2.75) is 4.83 Å². The van der Waals surface area contributed by atoms with Crippen molar-refractivity contribution in [1.82, 2.24) is 19.9 Å². The third-order valence-electron chi connectivity index (χ3n) is 2.40. The van der Waals surface area contributed by atoms with Crippen molar-refractivity contribution in [2.24, 2.45) is 0 Å². The van der Waals surface area contributed by atoms with Crippen LogP contribution in [0, 0.1) is 0 Å². The predicted molar refractivity (Wildman–Crippen MR) is 69.9 cm³/mol. The second-order valence-corrected chi connectivity index (χ2v) is 5.02. The summed E-state index contributed by atoms with van der Waals surface area (Å²) in [7, 11) is 1.62. The SMILES string of the molecule is COCC(Br)CNC(=O)c1cnn2ccncc12. The summed E-state index contributed by atoms with van der Waals surface area (Å²) in [5.74, 6) is -0.168. The molecule has 0 saturated heterocycles. The highest BCUT2D eigenvalue weighted by molar-refractivity contribution is 9.09. The average Bonchev–Trinajstić information content (AvgIpc) is 2.80. The molecule has 1 N–H and O–H groups in total. The minimum Gasteiger partial charge on any atom is -0.383 e. The van der Waals surface area contributed by atoms with Gasteiger partial charge in [-0.15, -0.1) is 0 Å². The molecule has 2 heterocycles. The van der Waals surface area contributed by atoms with E-state index in [9.17, 15) is 4.79 Å². The van der Waals surface area contributed by atoms with Crippen molar-refractivity contribution in [3.8, 4) is 0 Å². The molecule has 0 saturated carbocycles. The van der Waals surface area contributed by atoms with Crippen LogP contribution in [0.2, 0.25) is 0 Å². The lowest BCUT2D eigenvalue weighted by atomic mass is 10.2. The van der Waals surface area contributed by atoms with Gasteiger partial charge in [-0.05, 0) is 0 Å². The zero-order valence-corrected chi connectivity index (χ0v) is 11.4. The van der Waals surface area contributed by atoms with Crippen LogP contribution < -0.4 is 5.32 Å². The fourth-order valence-corrected chi connectivity index (χ4v) is 1.97. The Balaban J connectivity index is 2.05. The second kappa shape index (κ2) is 5.92. The van der Waals surface area contributed by atoms with Gasteiger partial charge in [-0.3, -0.25) is 9.78 Å². The summed E-state index contributed by atoms with van der Waals surface area (Å²) in [4.78, 5) is 16.0. The molecule has 2 aromatic rings. The molecule has 0 radical (unpaired) electrons. The molecule has 96 valence electrons. The number of hydrogen-bond acceptors (Lipinski definition) is 4. The Morgan fingerprint density at radius 2 is 2.44 bits per heavy atom. The lowest BCUT2D eigenvalue weighted by molar-refractivity contribution is 0.0951. The topological polar surface area (TPSA) is 68.5 Å². The Kier molecular flexibility index (Phi) is 4.27. The number of amides is 1. The number of alkyl halides is 1. The van der Waals surface area contributed by atoms with E-state index < -0.39 is 0 Å². The Morgan fingerprint density at radius 3 is 3.22 bits per heavy atom. The normalized spacial score (nSPS) is 12.6. The van der Waals surface area contributed by atoms with Crippen molar-refractivity contribution in [2.75, 3.05) is 20.3 Å². The van der Waals surface area contributed by atoms with Crippen LogP contribution in [-0.2, 0) is 4.74 Å². The number of nitrogens with one attached hydrogen (secondary N) is 1. The summed E-state index contributed by atoms with van der Waals surface area (Å²) in [5, 5.41) is 6.90. The number of fused-ring (bicyclic) bond motifs is 1. The minimum absolute atomic E-state index is 0.0893. The maximum absolute atomic E-state index is 12.0. The first-order chi connectivity index (χ1) is 8.72. The quantitative estimate of drug-likeness (QED) is 0.832. The summed E-state index contributed by atoms with van der Waals surface area (Å²) in [5.41, 5.74) is 1.20. The zero-order chi connectivity index (χ0) is 13.0. The fraction of sp³-hybridized carbons (Fsp3) is 0.364. The Bertz CT molecular complexity index is 543. The molecule has 0 spiro atoms. The van der Waals surface area contributed by atoms with Crippen LogP contribution in [0.5, 0.6) is 0 Å². The number of nitrogens with zero attached hydrogens (tertiary/aromatic N) is 3. The van der Waals surface area contributed by atoms with E-state index in [1.54, 1.807) is 30.2 Å². The van der Waals surface area contributed by atoms with E-state index in [0.717, 1.165) is 0 Å². The van der Waals surface area contributed by atoms with E-state index >= 15 is 0 Å². The third kappa shape index (κ3) is 2.85. The molecule has 0 bridgehead atoms. The molecule has 0 aliphatic rings. The van der Waals surface area contributed by atoms with Gasteiger partial charge in [0, 0.05) is 26.0 Å². The van der Waals surface area contributed by atoms with E-state index in [-0.39, 0.29) is 10.7 Å². The minimum atomic E-state index is -0.168. The molecule has 0 aliphatic carbocycles. The molecule has 1 atom stereocenters. The molecule has 18 heavy (non-hydrogen) atoms. The van der Waals surface area contributed by atoms with Crippen molar-refractivity contribution >= 4 is 27.4 Å². The summed E-state index contributed by atoms with van der Waals surface area (Å²) in [6.07, 6.45) is 6.47. The molecule has 1 amide bonds. The van der Waals surface area contributed by atoms with Crippen molar-refractivity contribution in [3.05, 3.63) is 30.4 Å².